The fourth-order valence-electron chi connectivity index (χ4n) is 1.86. The normalized spacial score (nSPS) is 25.4. The molecular formula is C11H20N2O3. The Labute approximate surface area is 95.6 Å². The van der Waals surface area contributed by atoms with Crippen molar-refractivity contribution < 1.29 is 14.7 Å². The van der Waals surface area contributed by atoms with Gasteiger partial charge in [0.15, 0.2) is 0 Å². The molecule has 0 aromatic carbocycles. The van der Waals surface area contributed by atoms with Gasteiger partial charge in [0.1, 0.15) is 5.54 Å². The summed E-state index contributed by atoms with van der Waals surface area (Å²) in [7, 11) is 0. The summed E-state index contributed by atoms with van der Waals surface area (Å²) in [6.07, 6.45) is 2.59. The van der Waals surface area contributed by atoms with Gasteiger partial charge in [-0.05, 0) is 26.2 Å². The number of aliphatic carboxylic acids is 1. The molecule has 0 aromatic heterocycles. The van der Waals surface area contributed by atoms with Crippen LogP contribution in [0.15, 0.2) is 0 Å². The van der Waals surface area contributed by atoms with Crippen molar-refractivity contribution in [3.63, 3.8) is 0 Å². The lowest BCUT2D eigenvalue weighted by Crippen LogP contribution is -2.53. The number of nitrogens with one attached hydrogen (secondary N) is 2. The van der Waals surface area contributed by atoms with Crippen LogP contribution in [0.4, 0.5) is 0 Å². The molecule has 0 aromatic rings. The van der Waals surface area contributed by atoms with Gasteiger partial charge in [-0.15, -0.1) is 0 Å². The van der Waals surface area contributed by atoms with Crippen molar-refractivity contribution >= 4 is 11.9 Å². The summed E-state index contributed by atoms with van der Waals surface area (Å²) in [5.74, 6) is -0.863. The maximum Gasteiger partial charge on any atom is 0.323 e. The van der Waals surface area contributed by atoms with E-state index in [9.17, 15) is 9.59 Å². The highest BCUT2D eigenvalue weighted by atomic mass is 16.4. The number of carboxylic acid groups (broad SMARTS) is 1. The Morgan fingerprint density at radius 1 is 1.69 bits per heavy atom. The van der Waals surface area contributed by atoms with Crippen molar-refractivity contribution in [2.75, 3.05) is 6.54 Å². The quantitative estimate of drug-likeness (QED) is 0.654. The fraction of sp³-hybridized carbons (Fsp3) is 0.818. The average molecular weight is 228 g/mol. The van der Waals surface area contributed by atoms with Crippen LogP contribution in [0.1, 0.15) is 39.5 Å². The van der Waals surface area contributed by atoms with Crippen LogP contribution in [0.25, 0.3) is 0 Å². The first-order valence-electron chi connectivity index (χ1n) is 5.75. The fourth-order valence-corrected chi connectivity index (χ4v) is 1.86. The molecule has 0 bridgehead atoms. The molecule has 1 saturated heterocycles. The van der Waals surface area contributed by atoms with E-state index in [-0.39, 0.29) is 11.9 Å². The van der Waals surface area contributed by atoms with Gasteiger partial charge in [0, 0.05) is 19.0 Å². The minimum Gasteiger partial charge on any atom is -0.480 e. The zero-order chi connectivity index (χ0) is 12.2. The zero-order valence-corrected chi connectivity index (χ0v) is 9.88. The summed E-state index contributed by atoms with van der Waals surface area (Å²) < 4.78 is 0. The van der Waals surface area contributed by atoms with Crippen LogP contribution < -0.4 is 10.6 Å². The molecule has 1 aliphatic heterocycles. The standard InChI is InChI=1S/C11H20N2O3/c1-3-11(2,10(15)16)13-8-5-4-6-12-9(14)7-8/h8,13H,3-7H2,1-2H3,(H,12,14)(H,15,16). The SMILES string of the molecule is CCC(C)(NC1CCCNC(=O)C1)C(=O)O. The van der Waals surface area contributed by atoms with E-state index in [1.165, 1.54) is 0 Å². The number of hydrogen-bond donors (Lipinski definition) is 3. The number of rotatable bonds is 4. The Bertz CT molecular complexity index is 280. The van der Waals surface area contributed by atoms with Crippen LogP contribution in [0.2, 0.25) is 0 Å². The van der Waals surface area contributed by atoms with Crippen molar-refractivity contribution in [3.05, 3.63) is 0 Å². The van der Waals surface area contributed by atoms with Crippen LogP contribution in [0.5, 0.6) is 0 Å². The smallest absolute Gasteiger partial charge is 0.323 e. The molecule has 2 unspecified atom stereocenters. The minimum atomic E-state index is -0.935. The van der Waals surface area contributed by atoms with Gasteiger partial charge in [0.25, 0.3) is 0 Å². The van der Waals surface area contributed by atoms with Crippen molar-refractivity contribution in [3.8, 4) is 0 Å². The Morgan fingerprint density at radius 3 is 2.94 bits per heavy atom. The topological polar surface area (TPSA) is 78.4 Å². The molecular weight excluding hydrogens is 208 g/mol. The highest BCUT2D eigenvalue weighted by molar-refractivity contribution is 5.79. The van der Waals surface area contributed by atoms with Crippen LogP contribution in [0.3, 0.4) is 0 Å². The largest absolute Gasteiger partial charge is 0.480 e. The summed E-state index contributed by atoms with van der Waals surface area (Å²) in [4.78, 5) is 22.5. The second-order valence-electron chi connectivity index (χ2n) is 4.53. The van der Waals surface area contributed by atoms with E-state index in [1.807, 2.05) is 6.92 Å². The lowest BCUT2D eigenvalue weighted by Gasteiger charge is -2.29. The van der Waals surface area contributed by atoms with Crippen LogP contribution in [-0.2, 0) is 9.59 Å². The molecule has 1 rings (SSSR count). The number of amides is 1. The molecule has 0 spiro atoms. The molecule has 0 aliphatic carbocycles. The van der Waals surface area contributed by atoms with Crippen molar-refractivity contribution in [2.24, 2.45) is 0 Å². The molecule has 2 atom stereocenters. The third kappa shape index (κ3) is 3.20. The van der Waals surface area contributed by atoms with Gasteiger partial charge in [-0.2, -0.15) is 0 Å². The van der Waals surface area contributed by atoms with E-state index >= 15 is 0 Å². The summed E-state index contributed by atoms with van der Waals surface area (Å²) in [5.41, 5.74) is -0.935. The van der Waals surface area contributed by atoms with Gasteiger partial charge in [-0.1, -0.05) is 6.92 Å². The van der Waals surface area contributed by atoms with Gasteiger partial charge in [0.2, 0.25) is 5.91 Å². The Hall–Kier alpha value is -1.10. The molecule has 3 N–H and O–H groups in total. The maximum atomic E-state index is 11.3. The summed E-state index contributed by atoms with van der Waals surface area (Å²) in [6.45, 7) is 4.18. The number of carbonyl (C=O) groups is 2. The van der Waals surface area contributed by atoms with Crippen LogP contribution in [-0.4, -0.2) is 35.1 Å². The third-order valence-corrected chi connectivity index (χ3v) is 3.19. The highest BCUT2D eigenvalue weighted by Crippen LogP contribution is 2.15. The molecule has 1 heterocycles. The monoisotopic (exact) mass is 228 g/mol. The van der Waals surface area contributed by atoms with E-state index in [2.05, 4.69) is 10.6 Å². The van der Waals surface area contributed by atoms with Crippen LogP contribution >= 0.6 is 0 Å². The van der Waals surface area contributed by atoms with Gasteiger partial charge in [-0.25, -0.2) is 0 Å². The molecule has 0 saturated carbocycles. The molecule has 5 nitrogen and oxygen atoms in total. The third-order valence-electron chi connectivity index (χ3n) is 3.19. The number of carboxylic acids is 1. The van der Waals surface area contributed by atoms with Gasteiger partial charge in [-0.3, -0.25) is 14.9 Å². The summed E-state index contributed by atoms with van der Waals surface area (Å²) >= 11 is 0. The predicted octanol–water partition coefficient (Wildman–Crippen LogP) is 0.498. The van der Waals surface area contributed by atoms with Crippen molar-refractivity contribution in [1.82, 2.24) is 10.6 Å². The second-order valence-corrected chi connectivity index (χ2v) is 4.53. The van der Waals surface area contributed by atoms with E-state index in [4.69, 9.17) is 5.11 Å². The molecule has 16 heavy (non-hydrogen) atoms. The van der Waals surface area contributed by atoms with E-state index < -0.39 is 11.5 Å². The molecule has 5 heteroatoms. The molecule has 1 amide bonds. The first-order chi connectivity index (χ1) is 7.48. The summed E-state index contributed by atoms with van der Waals surface area (Å²) in [5, 5.41) is 15.0. The lowest BCUT2D eigenvalue weighted by atomic mass is 9.96. The zero-order valence-electron chi connectivity index (χ0n) is 9.88. The summed E-state index contributed by atoms with van der Waals surface area (Å²) in [6, 6.07) is -0.0384. The lowest BCUT2D eigenvalue weighted by molar-refractivity contribution is -0.145. The van der Waals surface area contributed by atoms with Crippen molar-refractivity contribution in [1.29, 1.82) is 0 Å². The van der Waals surface area contributed by atoms with Gasteiger partial charge in [0.05, 0.1) is 0 Å². The van der Waals surface area contributed by atoms with Crippen LogP contribution in [0, 0.1) is 0 Å². The highest BCUT2D eigenvalue weighted by Gasteiger charge is 2.34. The van der Waals surface area contributed by atoms with Crippen molar-refractivity contribution in [2.45, 2.75) is 51.1 Å². The maximum absolute atomic E-state index is 11.3. The van der Waals surface area contributed by atoms with E-state index in [0.717, 1.165) is 12.8 Å². The Kier molecular flexibility index (Phi) is 4.29. The Morgan fingerprint density at radius 2 is 2.38 bits per heavy atom. The minimum absolute atomic E-state index is 0.00107. The van der Waals surface area contributed by atoms with E-state index in [1.54, 1.807) is 6.92 Å². The molecule has 0 radical (unpaired) electrons. The first kappa shape index (κ1) is 13.0. The first-order valence-corrected chi connectivity index (χ1v) is 5.75. The molecule has 92 valence electrons. The average Bonchev–Trinajstić information content (AvgIpc) is 2.42. The molecule has 1 fully saturated rings. The van der Waals surface area contributed by atoms with Gasteiger partial charge >= 0.3 is 5.97 Å². The number of carbonyl (C=O) groups excluding carboxylic acids is 1. The van der Waals surface area contributed by atoms with Gasteiger partial charge < -0.3 is 10.4 Å². The Balaban J connectivity index is 2.63. The second kappa shape index (κ2) is 5.30. The van der Waals surface area contributed by atoms with E-state index in [0.29, 0.717) is 19.4 Å². The molecule has 1 aliphatic rings. The predicted molar refractivity (Wildman–Crippen MR) is 60.1 cm³/mol. The number of hydrogen-bond acceptors (Lipinski definition) is 3.